The van der Waals surface area contributed by atoms with Gasteiger partial charge in [0.05, 0.1) is 16.4 Å². The van der Waals surface area contributed by atoms with E-state index in [0.717, 1.165) is 16.9 Å². The Hall–Kier alpha value is -1.55. The summed E-state index contributed by atoms with van der Waals surface area (Å²) in [6.45, 7) is 6.06. The lowest BCUT2D eigenvalue weighted by atomic mass is 10.1. The van der Waals surface area contributed by atoms with E-state index in [2.05, 4.69) is 24.2 Å². The zero-order valence-electron chi connectivity index (χ0n) is 10.1. The molecule has 0 radical (unpaired) electrons. The van der Waals surface area contributed by atoms with E-state index in [1.54, 1.807) is 4.68 Å². The van der Waals surface area contributed by atoms with Crippen LogP contribution < -0.4 is 5.73 Å². The highest BCUT2D eigenvalue weighted by atomic mass is 35.5. The van der Waals surface area contributed by atoms with Gasteiger partial charge in [-0.05, 0) is 24.5 Å². The minimum atomic E-state index is 0.238. The highest BCUT2D eigenvalue weighted by Crippen LogP contribution is 2.28. The molecule has 0 amide bonds. The highest BCUT2D eigenvalue weighted by Gasteiger charge is 2.17. The number of nitrogens with two attached hydrogens (primary N) is 1. The Kier molecular flexibility index (Phi) is 3.07. The number of benzene rings is 1. The third kappa shape index (κ3) is 2.00. The third-order valence-electron chi connectivity index (χ3n) is 2.68. The number of nitrogens with zero attached hydrogens (tertiary/aromatic N) is 3. The minimum Gasteiger partial charge on any atom is -0.381 e. The first-order chi connectivity index (χ1) is 8.02. The minimum absolute atomic E-state index is 0.238. The molecule has 0 aliphatic heterocycles. The Morgan fingerprint density at radius 3 is 2.71 bits per heavy atom. The average molecular weight is 251 g/mol. The van der Waals surface area contributed by atoms with Crippen LogP contribution in [0.25, 0.3) is 5.69 Å². The van der Waals surface area contributed by atoms with Crippen LogP contribution in [0, 0.1) is 6.92 Å². The first-order valence-electron chi connectivity index (χ1n) is 5.49. The SMILES string of the molecule is Cc1cccc(-n2nnc(N)c2C(C)C)c1Cl. The maximum atomic E-state index is 6.28. The van der Waals surface area contributed by atoms with E-state index in [1.807, 2.05) is 25.1 Å². The number of anilines is 1. The fourth-order valence-corrected chi connectivity index (χ4v) is 2.02. The Morgan fingerprint density at radius 2 is 2.06 bits per heavy atom. The van der Waals surface area contributed by atoms with Gasteiger partial charge in [0.25, 0.3) is 0 Å². The summed E-state index contributed by atoms with van der Waals surface area (Å²) in [6, 6.07) is 5.81. The molecule has 17 heavy (non-hydrogen) atoms. The van der Waals surface area contributed by atoms with Crippen molar-refractivity contribution in [3.63, 3.8) is 0 Å². The maximum Gasteiger partial charge on any atom is 0.169 e. The summed E-state index contributed by atoms with van der Waals surface area (Å²) in [5, 5.41) is 8.66. The summed E-state index contributed by atoms with van der Waals surface area (Å²) in [6.07, 6.45) is 0. The van der Waals surface area contributed by atoms with Gasteiger partial charge in [-0.1, -0.05) is 42.8 Å². The molecule has 4 nitrogen and oxygen atoms in total. The molecule has 0 aliphatic rings. The standard InChI is InChI=1S/C12H15ClN4/c1-7(2)11-12(14)15-16-17(11)9-6-4-5-8(3)10(9)13/h4-7H,14H2,1-3H3. The summed E-state index contributed by atoms with van der Waals surface area (Å²) in [4.78, 5) is 0. The summed E-state index contributed by atoms with van der Waals surface area (Å²) in [5.74, 6) is 0.694. The number of nitrogen functional groups attached to an aromatic ring is 1. The molecule has 2 N–H and O–H groups in total. The van der Waals surface area contributed by atoms with Crippen LogP contribution in [0.5, 0.6) is 0 Å². The van der Waals surface area contributed by atoms with E-state index in [-0.39, 0.29) is 5.92 Å². The topological polar surface area (TPSA) is 56.7 Å². The summed E-state index contributed by atoms with van der Waals surface area (Å²) < 4.78 is 1.72. The van der Waals surface area contributed by atoms with Crippen molar-refractivity contribution in [2.75, 3.05) is 5.73 Å². The molecule has 0 unspecified atom stereocenters. The van der Waals surface area contributed by atoms with Crippen LogP contribution in [0.4, 0.5) is 5.82 Å². The molecular formula is C12H15ClN4. The predicted molar refractivity (Wildman–Crippen MR) is 69.6 cm³/mol. The zero-order chi connectivity index (χ0) is 12.6. The predicted octanol–water partition coefficient (Wildman–Crippen LogP) is 2.93. The number of aromatic nitrogens is 3. The van der Waals surface area contributed by atoms with Crippen molar-refractivity contribution in [3.8, 4) is 5.69 Å². The van der Waals surface area contributed by atoms with Crippen molar-refractivity contribution in [1.82, 2.24) is 15.0 Å². The summed E-state index contributed by atoms with van der Waals surface area (Å²) in [5.41, 5.74) is 8.54. The largest absolute Gasteiger partial charge is 0.381 e. The molecule has 0 atom stereocenters. The Balaban J connectivity index is 2.65. The Bertz CT molecular complexity index is 545. The fraction of sp³-hybridized carbons (Fsp3) is 0.333. The van der Waals surface area contributed by atoms with E-state index in [9.17, 15) is 0 Å². The maximum absolute atomic E-state index is 6.28. The summed E-state index contributed by atoms with van der Waals surface area (Å²) in [7, 11) is 0. The molecule has 1 aromatic heterocycles. The van der Waals surface area contributed by atoms with Gasteiger partial charge in [-0.25, -0.2) is 4.68 Å². The van der Waals surface area contributed by atoms with Crippen LogP contribution in [-0.2, 0) is 0 Å². The molecule has 0 aliphatic carbocycles. The lowest BCUT2D eigenvalue weighted by Crippen LogP contribution is -2.06. The van der Waals surface area contributed by atoms with E-state index in [1.165, 1.54) is 0 Å². The molecule has 0 saturated heterocycles. The number of aryl methyl sites for hydroxylation is 1. The van der Waals surface area contributed by atoms with Gasteiger partial charge in [-0.2, -0.15) is 0 Å². The fourth-order valence-electron chi connectivity index (χ4n) is 1.81. The van der Waals surface area contributed by atoms with Gasteiger partial charge in [0, 0.05) is 0 Å². The van der Waals surface area contributed by atoms with Gasteiger partial charge >= 0.3 is 0 Å². The molecule has 1 heterocycles. The first kappa shape index (κ1) is 11.9. The van der Waals surface area contributed by atoms with Gasteiger partial charge in [0.2, 0.25) is 0 Å². The van der Waals surface area contributed by atoms with Crippen molar-refractivity contribution in [2.24, 2.45) is 0 Å². The third-order valence-corrected chi connectivity index (χ3v) is 3.17. The highest BCUT2D eigenvalue weighted by molar-refractivity contribution is 6.33. The van der Waals surface area contributed by atoms with Crippen molar-refractivity contribution in [2.45, 2.75) is 26.7 Å². The number of halogens is 1. The van der Waals surface area contributed by atoms with Gasteiger partial charge < -0.3 is 5.73 Å². The van der Waals surface area contributed by atoms with Gasteiger partial charge in [-0.3, -0.25) is 0 Å². The second-order valence-corrected chi connectivity index (χ2v) is 4.71. The quantitative estimate of drug-likeness (QED) is 0.892. The van der Waals surface area contributed by atoms with Crippen LogP contribution in [0.15, 0.2) is 18.2 Å². The molecule has 0 fully saturated rings. The molecule has 2 aromatic rings. The molecular weight excluding hydrogens is 236 g/mol. The van der Waals surface area contributed by atoms with Crippen LogP contribution in [0.2, 0.25) is 5.02 Å². The zero-order valence-corrected chi connectivity index (χ0v) is 10.9. The normalized spacial score (nSPS) is 11.1. The molecule has 0 bridgehead atoms. The Morgan fingerprint density at radius 1 is 1.35 bits per heavy atom. The van der Waals surface area contributed by atoms with Crippen molar-refractivity contribution in [1.29, 1.82) is 0 Å². The first-order valence-corrected chi connectivity index (χ1v) is 5.86. The number of hydrogen-bond donors (Lipinski definition) is 1. The number of rotatable bonds is 2. The monoisotopic (exact) mass is 250 g/mol. The van der Waals surface area contributed by atoms with Crippen molar-refractivity contribution < 1.29 is 0 Å². The van der Waals surface area contributed by atoms with Gasteiger partial charge in [0.15, 0.2) is 5.82 Å². The van der Waals surface area contributed by atoms with E-state index < -0.39 is 0 Å². The second-order valence-electron chi connectivity index (χ2n) is 4.33. The van der Waals surface area contributed by atoms with E-state index in [4.69, 9.17) is 17.3 Å². The lowest BCUT2D eigenvalue weighted by Gasteiger charge is -2.11. The average Bonchev–Trinajstić information content (AvgIpc) is 2.64. The van der Waals surface area contributed by atoms with Crippen molar-refractivity contribution in [3.05, 3.63) is 34.5 Å². The van der Waals surface area contributed by atoms with Crippen LogP contribution in [0.3, 0.4) is 0 Å². The molecule has 1 aromatic carbocycles. The molecule has 2 rings (SSSR count). The smallest absolute Gasteiger partial charge is 0.169 e. The number of hydrogen-bond acceptors (Lipinski definition) is 3. The molecule has 5 heteroatoms. The van der Waals surface area contributed by atoms with E-state index in [0.29, 0.717) is 10.8 Å². The van der Waals surface area contributed by atoms with Gasteiger partial charge in [-0.15, -0.1) is 5.10 Å². The Labute approximate surface area is 105 Å². The van der Waals surface area contributed by atoms with Crippen LogP contribution in [0.1, 0.15) is 31.0 Å². The molecule has 0 spiro atoms. The summed E-state index contributed by atoms with van der Waals surface area (Å²) >= 11 is 6.28. The lowest BCUT2D eigenvalue weighted by molar-refractivity contribution is 0.716. The van der Waals surface area contributed by atoms with E-state index >= 15 is 0 Å². The van der Waals surface area contributed by atoms with Gasteiger partial charge in [0.1, 0.15) is 0 Å². The molecule has 0 saturated carbocycles. The molecule has 90 valence electrons. The van der Waals surface area contributed by atoms with Crippen LogP contribution >= 0.6 is 11.6 Å². The van der Waals surface area contributed by atoms with Crippen molar-refractivity contribution >= 4 is 17.4 Å². The van der Waals surface area contributed by atoms with Crippen LogP contribution in [-0.4, -0.2) is 15.0 Å². The second kappa shape index (κ2) is 4.37.